The Morgan fingerprint density at radius 3 is 2.94 bits per heavy atom. The van der Waals surface area contributed by atoms with Gasteiger partial charge in [-0.2, -0.15) is 11.3 Å². The van der Waals surface area contributed by atoms with Crippen molar-refractivity contribution in [1.82, 2.24) is 4.90 Å². The maximum atomic E-state index is 12.2. The summed E-state index contributed by atoms with van der Waals surface area (Å²) in [5, 5.41) is 4.18. The minimum Gasteiger partial charge on any atom is -0.334 e. The van der Waals surface area contributed by atoms with Crippen LogP contribution in [-0.4, -0.2) is 22.9 Å². The first-order valence-corrected chi connectivity index (χ1v) is 6.56. The first kappa shape index (κ1) is 11.6. The normalized spacial score (nSPS) is 21.4. The molecule has 2 rings (SSSR count). The zero-order valence-electron chi connectivity index (χ0n) is 9.77. The summed E-state index contributed by atoms with van der Waals surface area (Å²) in [6.45, 7) is 4.39. The minimum absolute atomic E-state index is 0.0567. The summed E-state index contributed by atoms with van der Waals surface area (Å²) in [6.07, 6.45) is 2.13. The summed E-state index contributed by atoms with van der Waals surface area (Å²) >= 11 is 1.68. The number of likely N-dealkylation sites (tertiary alicyclic amines) is 1. The highest BCUT2D eigenvalue weighted by molar-refractivity contribution is 7.07. The van der Waals surface area contributed by atoms with E-state index < -0.39 is 5.54 Å². The predicted molar refractivity (Wildman–Crippen MR) is 66.3 cm³/mol. The minimum atomic E-state index is -0.765. The second-order valence-electron chi connectivity index (χ2n) is 4.93. The van der Waals surface area contributed by atoms with E-state index in [9.17, 15) is 4.79 Å². The molecule has 1 aliphatic rings. The van der Waals surface area contributed by atoms with Gasteiger partial charge in [0, 0.05) is 6.54 Å². The molecule has 1 unspecified atom stereocenters. The molecule has 1 aromatic heterocycles. The first-order chi connectivity index (χ1) is 7.50. The number of amides is 1. The van der Waals surface area contributed by atoms with Crippen molar-refractivity contribution in [3.8, 4) is 0 Å². The number of rotatable bonds is 2. The van der Waals surface area contributed by atoms with Crippen molar-refractivity contribution in [2.45, 2.75) is 38.3 Å². The zero-order valence-corrected chi connectivity index (χ0v) is 10.6. The standard InChI is InChI=1S/C12H18N2OS/c1-12(2,13)11(15)14-6-3-4-10(14)9-5-7-16-8-9/h5,7-8,10H,3-4,6,13H2,1-2H3. The van der Waals surface area contributed by atoms with E-state index in [0.717, 1.165) is 19.4 Å². The van der Waals surface area contributed by atoms with Gasteiger partial charge in [0.25, 0.3) is 0 Å². The molecule has 0 radical (unpaired) electrons. The van der Waals surface area contributed by atoms with E-state index >= 15 is 0 Å². The Morgan fingerprint density at radius 1 is 1.62 bits per heavy atom. The molecule has 0 saturated carbocycles. The molecular weight excluding hydrogens is 220 g/mol. The van der Waals surface area contributed by atoms with Gasteiger partial charge in [-0.25, -0.2) is 0 Å². The molecular formula is C12H18N2OS. The molecule has 3 nitrogen and oxygen atoms in total. The van der Waals surface area contributed by atoms with Crippen molar-refractivity contribution in [3.63, 3.8) is 0 Å². The molecule has 1 aliphatic heterocycles. The van der Waals surface area contributed by atoms with Crippen LogP contribution in [0.25, 0.3) is 0 Å². The summed E-state index contributed by atoms with van der Waals surface area (Å²) in [4.78, 5) is 14.1. The zero-order chi connectivity index (χ0) is 11.8. The van der Waals surface area contributed by atoms with Gasteiger partial charge in [-0.3, -0.25) is 4.79 Å². The van der Waals surface area contributed by atoms with Crippen LogP contribution < -0.4 is 5.73 Å². The molecule has 2 heterocycles. The van der Waals surface area contributed by atoms with Gasteiger partial charge in [-0.15, -0.1) is 0 Å². The number of nitrogens with zero attached hydrogens (tertiary/aromatic N) is 1. The summed E-state index contributed by atoms with van der Waals surface area (Å²) in [5.74, 6) is 0.0567. The molecule has 0 aromatic carbocycles. The Kier molecular flexibility index (Phi) is 3.04. The first-order valence-electron chi connectivity index (χ1n) is 5.62. The fraction of sp³-hybridized carbons (Fsp3) is 0.583. The lowest BCUT2D eigenvalue weighted by Gasteiger charge is -2.30. The summed E-state index contributed by atoms with van der Waals surface area (Å²) in [6, 6.07) is 2.34. The average Bonchev–Trinajstić information content (AvgIpc) is 2.85. The fourth-order valence-electron chi connectivity index (χ4n) is 2.19. The van der Waals surface area contributed by atoms with Gasteiger partial charge >= 0.3 is 0 Å². The van der Waals surface area contributed by atoms with Gasteiger partial charge < -0.3 is 10.6 Å². The highest BCUT2D eigenvalue weighted by Gasteiger charge is 2.36. The molecule has 1 fully saturated rings. The molecule has 0 aliphatic carbocycles. The third-order valence-corrected chi connectivity index (χ3v) is 3.69. The Morgan fingerprint density at radius 2 is 2.38 bits per heavy atom. The molecule has 16 heavy (non-hydrogen) atoms. The molecule has 2 N–H and O–H groups in total. The van der Waals surface area contributed by atoms with E-state index in [1.165, 1.54) is 5.56 Å². The molecule has 88 valence electrons. The van der Waals surface area contributed by atoms with E-state index in [1.807, 2.05) is 4.90 Å². The lowest BCUT2D eigenvalue weighted by Crippen LogP contribution is -2.50. The molecule has 1 atom stereocenters. The van der Waals surface area contributed by atoms with E-state index in [2.05, 4.69) is 16.8 Å². The van der Waals surface area contributed by atoms with Crippen LogP contribution in [0.3, 0.4) is 0 Å². The SMILES string of the molecule is CC(C)(N)C(=O)N1CCCC1c1ccsc1. The molecule has 4 heteroatoms. The predicted octanol–water partition coefficient (Wildman–Crippen LogP) is 2.15. The van der Waals surface area contributed by atoms with Crippen LogP contribution in [0.15, 0.2) is 16.8 Å². The van der Waals surface area contributed by atoms with Crippen LogP contribution in [0.5, 0.6) is 0 Å². The van der Waals surface area contributed by atoms with Crippen molar-refractivity contribution in [3.05, 3.63) is 22.4 Å². The molecule has 1 aromatic rings. The van der Waals surface area contributed by atoms with Gasteiger partial charge in [-0.05, 0) is 49.1 Å². The maximum absolute atomic E-state index is 12.2. The molecule has 1 amide bonds. The smallest absolute Gasteiger partial charge is 0.242 e. The van der Waals surface area contributed by atoms with Crippen LogP contribution in [0, 0.1) is 0 Å². The molecule has 0 spiro atoms. The van der Waals surface area contributed by atoms with Crippen LogP contribution >= 0.6 is 11.3 Å². The number of nitrogens with two attached hydrogens (primary N) is 1. The Hall–Kier alpha value is -0.870. The molecule has 1 saturated heterocycles. The maximum Gasteiger partial charge on any atom is 0.242 e. The van der Waals surface area contributed by atoms with Crippen molar-refractivity contribution in [2.24, 2.45) is 5.73 Å². The number of carbonyl (C=O) groups excluding carboxylic acids is 1. The second kappa shape index (κ2) is 4.18. The Labute approximate surface area is 100 Å². The number of hydrogen-bond acceptors (Lipinski definition) is 3. The van der Waals surface area contributed by atoms with Crippen molar-refractivity contribution in [1.29, 1.82) is 0 Å². The van der Waals surface area contributed by atoms with E-state index in [-0.39, 0.29) is 11.9 Å². The van der Waals surface area contributed by atoms with Crippen LogP contribution in [0.1, 0.15) is 38.3 Å². The lowest BCUT2D eigenvalue weighted by atomic mass is 10.0. The van der Waals surface area contributed by atoms with Crippen LogP contribution in [-0.2, 0) is 4.79 Å². The lowest BCUT2D eigenvalue weighted by molar-refractivity contribution is -0.136. The molecule has 0 bridgehead atoms. The third kappa shape index (κ3) is 2.13. The Balaban J connectivity index is 2.19. The number of thiophene rings is 1. The van der Waals surface area contributed by atoms with Gasteiger partial charge in [0.2, 0.25) is 5.91 Å². The average molecular weight is 238 g/mol. The largest absolute Gasteiger partial charge is 0.334 e. The van der Waals surface area contributed by atoms with Crippen LogP contribution in [0.4, 0.5) is 0 Å². The van der Waals surface area contributed by atoms with E-state index in [1.54, 1.807) is 25.2 Å². The summed E-state index contributed by atoms with van der Waals surface area (Å²) in [5.41, 5.74) is 6.37. The summed E-state index contributed by atoms with van der Waals surface area (Å²) < 4.78 is 0. The number of hydrogen-bond donors (Lipinski definition) is 1. The quantitative estimate of drug-likeness (QED) is 0.858. The fourth-order valence-corrected chi connectivity index (χ4v) is 2.90. The third-order valence-electron chi connectivity index (χ3n) is 2.99. The monoisotopic (exact) mass is 238 g/mol. The Bertz CT molecular complexity index is 367. The van der Waals surface area contributed by atoms with Crippen molar-refractivity contribution >= 4 is 17.2 Å². The highest BCUT2D eigenvalue weighted by Crippen LogP contribution is 2.34. The van der Waals surface area contributed by atoms with Gasteiger partial charge in [0.15, 0.2) is 0 Å². The van der Waals surface area contributed by atoms with Crippen LogP contribution in [0.2, 0.25) is 0 Å². The van der Waals surface area contributed by atoms with E-state index in [0.29, 0.717) is 0 Å². The van der Waals surface area contributed by atoms with Gasteiger partial charge in [0.05, 0.1) is 11.6 Å². The van der Waals surface area contributed by atoms with Gasteiger partial charge in [-0.1, -0.05) is 0 Å². The van der Waals surface area contributed by atoms with Gasteiger partial charge in [0.1, 0.15) is 0 Å². The van der Waals surface area contributed by atoms with Crippen molar-refractivity contribution in [2.75, 3.05) is 6.54 Å². The summed E-state index contributed by atoms with van der Waals surface area (Å²) in [7, 11) is 0. The topological polar surface area (TPSA) is 46.3 Å². The number of carbonyl (C=O) groups is 1. The van der Waals surface area contributed by atoms with Crippen molar-refractivity contribution < 1.29 is 4.79 Å². The van der Waals surface area contributed by atoms with E-state index in [4.69, 9.17) is 5.73 Å². The second-order valence-corrected chi connectivity index (χ2v) is 5.71. The highest BCUT2D eigenvalue weighted by atomic mass is 32.1.